The third kappa shape index (κ3) is 74.3. The second-order valence-electron chi connectivity index (χ2n) is 27.0. The normalized spacial score (nSPS) is 14.4. The maximum absolute atomic E-state index is 13.1. The SMILES string of the molecule is CC/C=C\C/C=C\C/C=C\C/C=C\C/C=C\CCCCCC(=O)OCC(COP(=O)(O)OCC(O)COP(=O)(O)OCC(COC(=O)CCCCCCC/C=C\CCCCCCCC)OC(=O)CCCCCCCCCCCCCCCCC)OC(=O)CCCCCCC/C=C\C/C=C\CCC. The maximum atomic E-state index is 13.1. The van der Waals surface area contributed by atoms with Gasteiger partial charge in [0, 0.05) is 25.7 Å². The predicted molar refractivity (Wildman–Crippen MR) is 418 cm³/mol. The van der Waals surface area contributed by atoms with E-state index in [1.54, 1.807) is 0 Å². The molecule has 0 aromatic carbocycles. The van der Waals surface area contributed by atoms with Gasteiger partial charge in [-0.2, -0.15) is 0 Å². The summed E-state index contributed by atoms with van der Waals surface area (Å²) in [4.78, 5) is 73.0. The third-order valence-corrected chi connectivity index (χ3v) is 18.9. The average molecular weight is 1480 g/mol. The van der Waals surface area contributed by atoms with Crippen molar-refractivity contribution in [3.05, 3.63) is 97.2 Å². The van der Waals surface area contributed by atoms with Crippen LogP contribution in [0.25, 0.3) is 0 Å². The lowest BCUT2D eigenvalue weighted by Crippen LogP contribution is -2.30. The fourth-order valence-electron chi connectivity index (χ4n) is 10.9. The average Bonchev–Trinajstić information content (AvgIpc) is 0.908. The van der Waals surface area contributed by atoms with Gasteiger partial charge in [0.1, 0.15) is 19.3 Å². The summed E-state index contributed by atoms with van der Waals surface area (Å²) >= 11 is 0. The largest absolute Gasteiger partial charge is 0.472 e. The first-order valence-corrected chi connectivity index (χ1v) is 43.5. The summed E-state index contributed by atoms with van der Waals surface area (Å²) in [6, 6.07) is 0. The lowest BCUT2D eigenvalue weighted by molar-refractivity contribution is -0.161. The van der Waals surface area contributed by atoms with Crippen molar-refractivity contribution >= 4 is 39.5 Å². The van der Waals surface area contributed by atoms with Gasteiger partial charge in [-0.3, -0.25) is 37.3 Å². The van der Waals surface area contributed by atoms with Crippen LogP contribution >= 0.6 is 15.6 Å². The minimum Gasteiger partial charge on any atom is -0.462 e. The van der Waals surface area contributed by atoms with Crippen LogP contribution in [-0.2, 0) is 65.4 Å². The molecular formula is C83H146O17P2. The van der Waals surface area contributed by atoms with Gasteiger partial charge < -0.3 is 33.8 Å². The number of phosphoric ester groups is 2. The van der Waals surface area contributed by atoms with Crippen LogP contribution in [-0.4, -0.2) is 96.7 Å². The van der Waals surface area contributed by atoms with Crippen molar-refractivity contribution in [3.8, 4) is 0 Å². The summed E-state index contributed by atoms with van der Waals surface area (Å²) in [5.74, 6) is -2.22. The van der Waals surface area contributed by atoms with E-state index in [0.717, 1.165) is 167 Å². The molecule has 0 aliphatic heterocycles. The number of esters is 4. The number of unbranched alkanes of at least 4 members (excludes halogenated alkanes) is 34. The second-order valence-corrected chi connectivity index (χ2v) is 29.9. The molecule has 0 saturated carbocycles. The number of phosphoric acid groups is 2. The van der Waals surface area contributed by atoms with Gasteiger partial charge in [0.15, 0.2) is 12.2 Å². The van der Waals surface area contributed by atoms with E-state index in [2.05, 4.69) is 125 Å². The van der Waals surface area contributed by atoms with E-state index in [4.69, 9.17) is 37.0 Å². The first-order valence-electron chi connectivity index (χ1n) is 40.5. The summed E-state index contributed by atoms with van der Waals surface area (Å²) in [5.41, 5.74) is 0. The van der Waals surface area contributed by atoms with E-state index in [1.807, 2.05) is 0 Å². The Balaban J connectivity index is 5.36. The Kier molecular flexibility index (Phi) is 72.3. The second kappa shape index (κ2) is 75.2. The Morgan fingerprint density at radius 3 is 0.843 bits per heavy atom. The molecule has 0 aromatic heterocycles. The molecule has 5 atom stereocenters. The Labute approximate surface area is 620 Å². The smallest absolute Gasteiger partial charge is 0.462 e. The molecule has 3 N–H and O–H groups in total. The summed E-state index contributed by atoms with van der Waals surface area (Å²) in [5, 5.41) is 10.6. The van der Waals surface area contributed by atoms with Gasteiger partial charge in [0.05, 0.1) is 26.4 Å². The van der Waals surface area contributed by atoms with Crippen molar-refractivity contribution in [3.63, 3.8) is 0 Å². The lowest BCUT2D eigenvalue weighted by Gasteiger charge is -2.21. The molecule has 0 radical (unpaired) electrons. The summed E-state index contributed by atoms with van der Waals surface area (Å²) in [6.45, 7) is 4.68. The van der Waals surface area contributed by atoms with Crippen LogP contribution in [0.5, 0.6) is 0 Å². The zero-order valence-electron chi connectivity index (χ0n) is 64.5. The molecule has 0 amide bonds. The van der Waals surface area contributed by atoms with Crippen molar-refractivity contribution in [2.24, 2.45) is 0 Å². The van der Waals surface area contributed by atoms with E-state index in [0.29, 0.717) is 25.7 Å². The molecule has 5 unspecified atom stereocenters. The maximum Gasteiger partial charge on any atom is 0.472 e. The van der Waals surface area contributed by atoms with E-state index < -0.39 is 97.5 Å². The number of hydrogen-bond acceptors (Lipinski definition) is 15. The molecule has 0 aliphatic rings. The van der Waals surface area contributed by atoms with Crippen molar-refractivity contribution in [1.82, 2.24) is 0 Å². The molecule has 0 bridgehead atoms. The summed E-state index contributed by atoms with van der Waals surface area (Å²) in [6.07, 6.45) is 79.5. The number of hydrogen-bond donors (Lipinski definition) is 3. The highest BCUT2D eigenvalue weighted by molar-refractivity contribution is 7.47. The molecule has 0 heterocycles. The third-order valence-electron chi connectivity index (χ3n) is 17.0. The molecule has 102 heavy (non-hydrogen) atoms. The molecular weight excluding hydrogens is 1330 g/mol. The number of ether oxygens (including phenoxy) is 4. The number of carbonyl (C=O) groups is 4. The first kappa shape index (κ1) is 98.0. The molecule has 0 saturated heterocycles. The highest BCUT2D eigenvalue weighted by atomic mass is 31.2. The highest BCUT2D eigenvalue weighted by Crippen LogP contribution is 2.45. The minimum absolute atomic E-state index is 0.0708. The van der Waals surface area contributed by atoms with Gasteiger partial charge in [-0.15, -0.1) is 0 Å². The number of rotatable bonds is 76. The monoisotopic (exact) mass is 1480 g/mol. The van der Waals surface area contributed by atoms with Crippen molar-refractivity contribution in [2.45, 2.75) is 367 Å². The van der Waals surface area contributed by atoms with E-state index in [1.165, 1.54) is 103 Å². The fourth-order valence-corrected chi connectivity index (χ4v) is 12.4. The van der Waals surface area contributed by atoms with Crippen molar-refractivity contribution < 1.29 is 80.2 Å². The van der Waals surface area contributed by atoms with Crippen molar-refractivity contribution in [1.29, 1.82) is 0 Å². The summed E-state index contributed by atoms with van der Waals surface area (Å²) in [7, 11) is -9.96. The molecule has 17 nitrogen and oxygen atoms in total. The van der Waals surface area contributed by atoms with E-state index >= 15 is 0 Å². The van der Waals surface area contributed by atoms with E-state index in [9.17, 15) is 43.2 Å². The topological polar surface area (TPSA) is 237 Å². The zero-order valence-corrected chi connectivity index (χ0v) is 66.3. The molecule has 0 fully saturated rings. The van der Waals surface area contributed by atoms with Gasteiger partial charge in [-0.1, -0.05) is 298 Å². The molecule has 0 aromatic rings. The van der Waals surface area contributed by atoms with Crippen LogP contribution in [0.3, 0.4) is 0 Å². The number of allylic oxidation sites excluding steroid dienone is 16. The summed E-state index contributed by atoms with van der Waals surface area (Å²) < 4.78 is 68.6. The van der Waals surface area contributed by atoms with E-state index in [-0.39, 0.29) is 25.7 Å². The van der Waals surface area contributed by atoms with Crippen LogP contribution in [0, 0.1) is 0 Å². The Hall–Kier alpha value is -4.02. The van der Waals surface area contributed by atoms with Crippen LogP contribution in [0.4, 0.5) is 0 Å². The van der Waals surface area contributed by atoms with Crippen LogP contribution in [0.2, 0.25) is 0 Å². The Morgan fingerprint density at radius 1 is 0.284 bits per heavy atom. The first-order chi connectivity index (χ1) is 49.7. The lowest BCUT2D eigenvalue weighted by atomic mass is 10.0. The number of aliphatic hydroxyl groups excluding tert-OH is 1. The van der Waals surface area contributed by atoms with Crippen molar-refractivity contribution in [2.75, 3.05) is 39.6 Å². The highest BCUT2D eigenvalue weighted by Gasteiger charge is 2.30. The van der Waals surface area contributed by atoms with Gasteiger partial charge in [-0.05, 0) is 122 Å². The van der Waals surface area contributed by atoms with Gasteiger partial charge in [0.2, 0.25) is 0 Å². The van der Waals surface area contributed by atoms with Crippen LogP contribution in [0.15, 0.2) is 97.2 Å². The molecule has 0 rings (SSSR count). The van der Waals surface area contributed by atoms with Gasteiger partial charge in [-0.25, -0.2) is 9.13 Å². The van der Waals surface area contributed by atoms with Crippen LogP contribution in [0.1, 0.15) is 349 Å². The fraction of sp³-hybridized carbons (Fsp3) is 0.759. The number of aliphatic hydroxyl groups is 1. The predicted octanol–water partition coefficient (Wildman–Crippen LogP) is 23.6. The quantitative estimate of drug-likeness (QED) is 0.0169. The minimum atomic E-state index is -4.99. The number of carbonyl (C=O) groups excluding carboxylic acids is 4. The molecule has 19 heteroatoms. The molecule has 0 aliphatic carbocycles. The zero-order chi connectivity index (χ0) is 74.6. The Bertz CT molecular complexity index is 2310. The molecule has 0 spiro atoms. The molecule has 590 valence electrons. The Morgan fingerprint density at radius 2 is 0.529 bits per heavy atom. The standard InChI is InChI=1S/C83H146O17P2/c1-5-9-13-17-21-25-29-33-36-37-38-39-42-45-48-52-56-60-64-68-81(86)94-73-78(99-82(87)69-65-61-57-53-49-43-32-28-24-20-16-12-8-4)75-97-101(89,90)95-71-77(84)72-96-102(91,92)98-76-79(100-83(88)70-66-62-58-54-50-46-41-35-31-27-23-19-15-11-7-3)74-93-80(85)67-63-59-55-51-47-44-40-34-30-26-22-18-14-10-6-2/h9,13,16,20-21,25,28,32-34,36,38-40,45,48,77-79,84H,5-8,10-12,14-15,17-19,22-24,26-27,29-31,35,37,41-44,46-47,49-76H2,1-4H3,(H,89,90)(H,91,92)/b13-9-,20-16-,25-21-,32-28-,36-33-,39-38-,40-34-,48-45-. The van der Waals surface area contributed by atoms with Gasteiger partial charge in [0.25, 0.3) is 0 Å². The van der Waals surface area contributed by atoms with Gasteiger partial charge >= 0.3 is 39.5 Å². The van der Waals surface area contributed by atoms with Crippen LogP contribution < -0.4 is 0 Å².